The predicted molar refractivity (Wildman–Crippen MR) is 95.1 cm³/mol. The molecule has 1 N–H and O–H groups in total. The number of benzene rings is 1. The average Bonchev–Trinajstić information content (AvgIpc) is 2.49. The maximum atomic E-state index is 5.60. The molecule has 0 saturated carbocycles. The van der Waals surface area contributed by atoms with E-state index in [1.165, 1.54) is 44.1 Å². The van der Waals surface area contributed by atoms with Crippen molar-refractivity contribution >= 4 is 15.9 Å². The van der Waals surface area contributed by atoms with E-state index in [0.717, 1.165) is 16.8 Å². The molecule has 0 aliphatic carbocycles. The molecule has 120 valence electrons. The van der Waals surface area contributed by atoms with Gasteiger partial charge in [0.1, 0.15) is 5.75 Å². The van der Waals surface area contributed by atoms with Gasteiger partial charge in [0, 0.05) is 6.04 Å². The molecular formula is C18H30BrNO. The van der Waals surface area contributed by atoms with Gasteiger partial charge in [-0.05, 0) is 59.9 Å². The van der Waals surface area contributed by atoms with Crippen LogP contribution in [0.2, 0.25) is 0 Å². The van der Waals surface area contributed by atoms with Crippen molar-refractivity contribution in [3.63, 3.8) is 0 Å². The standard InChI is InChI=1S/C18H30BrNO/c1-4-7-8-9-10-17(20-13-5-2)15-11-12-18(21-6-3)16(19)14-15/h11-12,14,17,20H,4-10,13H2,1-3H3. The van der Waals surface area contributed by atoms with E-state index in [1.54, 1.807) is 0 Å². The van der Waals surface area contributed by atoms with Crippen LogP contribution in [0.15, 0.2) is 22.7 Å². The van der Waals surface area contributed by atoms with Crippen molar-refractivity contribution in [1.82, 2.24) is 5.32 Å². The molecular weight excluding hydrogens is 326 g/mol. The molecule has 0 heterocycles. The molecule has 0 aromatic heterocycles. The first kappa shape index (κ1) is 18.5. The van der Waals surface area contributed by atoms with Crippen LogP contribution in [-0.4, -0.2) is 13.2 Å². The summed E-state index contributed by atoms with van der Waals surface area (Å²) in [6.07, 6.45) is 7.64. The summed E-state index contributed by atoms with van der Waals surface area (Å²) in [5, 5.41) is 3.68. The minimum absolute atomic E-state index is 0.453. The van der Waals surface area contributed by atoms with Crippen molar-refractivity contribution in [1.29, 1.82) is 0 Å². The highest BCUT2D eigenvalue weighted by Crippen LogP contribution is 2.30. The number of ether oxygens (including phenoxy) is 1. The van der Waals surface area contributed by atoms with Crippen LogP contribution in [0.5, 0.6) is 5.75 Å². The topological polar surface area (TPSA) is 21.3 Å². The third kappa shape index (κ3) is 6.84. The summed E-state index contributed by atoms with van der Waals surface area (Å²) in [5.41, 5.74) is 1.36. The van der Waals surface area contributed by atoms with Crippen LogP contribution in [0.1, 0.15) is 70.9 Å². The van der Waals surface area contributed by atoms with Gasteiger partial charge in [-0.1, -0.05) is 45.6 Å². The van der Waals surface area contributed by atoms with E-state index in [-0.39, 0.29) is 0 Å². The second-order valence-corrected chi connectivity index (χ2v) is 6.33. The summed E-state index contributed by atoms with van der Waals surface area (Å²) in [4.78, 5) is 0. The molecule has 2 nitrogen and oxygen atoms in total. The Balaban J connectivity index is 2.69. The van der Waals surface area contributed by atoms with Crippen molar-refractivity contribution in [2.45, 2.75) is 65.3 Å². The molecule has 1 rings (SSSR count). The number of nitrogens with one attached hydrogen (secondary N) is 1. The van der Waals surface area contributed by atoms with E-state index in [4.69, 9.17) is 4.74 Å². The van der Waals surface area contributed by atoms with Crippen molar-refractivity contribution in [3.05, 3.63) is 28.2 Å². The van der Waals surface area contributed by atoms with Crippen LogP contribution < -0.4 is 10.1 Å². The molecule has 1 unspecified atom stereocenters. The van der Waals surface area contributed by atoms with Crippen LogP contribution >= 0.6 is 15.9 Å². The lowest BCUT2D eigenvalue weighted by Gasteiger charge is -2.20. The van der Waals surface area contributed by atoms with Crippen LogP contribution in [0, 0.1) is 0 Å². The first-order valence-electron chi connectivity index (χ1n) is 8.38. The monoisotopic (exact) mass is 355 g/mol. The molecule has 0 aliphatic heterocycles. The minimum Gasteiger partial charge on any atom is -0.493 e. The molecule has 1 atom stereocenters. The van der Waals surface area contributed by atoms with Crippen LogP contribution in [0.4, 0.5) is 0 Å². The Morgan fingerprint density at radius 2 is 1.90 bits per heavy atom. The fraction of sp³-hybridized carbons (Fsp3) is 0.667. The van der Waals surface area contributed by atoms with Gasteiger partial charge in [0.15, 0.2) is 0 Å². The molecule has 1 aromatic rings. The van der Waals surface area contributed by atoms with Gasteiger partial charge in [0.25, 0.3) is 0 Å². The van der Waals surface area contributed by atoms with E-state index in [9.17, 15) is 0 Å². The largest absolute Gasteiger partial charge is 0.493 e. The van der Waals surface area contributed by atoms with Gasteiger partial charge in [-0.2, -0.15) is 0 Å². The predicted octanol–water partition coefficient (Wildman–Crippen LogP) is 5.86. The van der Waals surface area contributed by atoms with E-state index in [0.29, 0.717) is 12.6 Å². The lowest BCUT2D eigenvalue weighted by Crippen LogP contribution is -2.22. The molecule has 0 bridgehead atoms. The summed E-state index contributed by atoms with van der Waals surface area (Å²) >= 11 is 3.62. The second kappa shape index (κ2) is 11.1. The molecule has 21 heavy (non-hydrogen) atoms. The number of hydrogen-bond acceptors (Lipinski definition) is 2. The third-order valence-electron chi connectivity index (χ3n) is 3.65. The highest BCUT2D eigenvalue weighted by Gasteiger charge is 2.12. The van der Waals surface area contributed by atoms with Gasteiger partial charge >= 0.3 is 0 Å². The molecule has 3 heteroatoms. The molecule has 0 radical (unpaired) electrons. The normalized spacial score (nSPS) is 12.4. The Morgan fingerprint density at radius 1 is 1.10 bits per heavy atom. The van der Waals surface area contributed by atoms with Crippen molar-refractivity contribution in [2.75, 3.05) is 13.2 Å². The van der Waals surface area contributed by atoms with Crippen molar-refractivity contribution < 1.29 is 4.74 Å². The fourth-order valence-electron chi connectivity index (χ4n) is 2.49. The number of rotatable bonds is 11. The zero-order valence-corrected chi connectivity index (χ0v) is 15.3. The van der Waals surface area contributed by atoms with E-state index < -0.39 is 0 Å². The highest BCUT2D eigenvalue weighted by atomic mass is 79.9. The zero-order valence-electron chi connectivity index (χ0n) is 13.8. The fourth-order valence-corrected chi connectivity index (χ4v) is 3.00. The molecule has 0 saturated heterocycles. The van der Waals surface area contributed by atoms with E-state index in [2.05, 4.69) is 53.3 Å². The Bertz CT molecular complexity index is 395. The molecule has 0 aliphatic rings. The Morgan fingerprint density at radius 3 is 2.52 bits per heavy atom. The molecule has 1 aromatic carbocycles. The smallest absolute Gasteiger partial charge is 0.133 e. The van der Waals surface area contributed by atoms with Gasteiger partial charge in [-0.15, -0.1) is 0 Å². The Kier molecular flexibility index (Phi) is 9.77. The maximum Gasteiger partial charge on any atom is 0.133 e. The summed E-state index contributed by atoms with van der Waals surface area (Å²) in [6, 6.07) is 6.94. The van der Waals surface area contributed by atoms with Gasteiger partial charge in [0.2, 0.25) is 0 Å². The molecule has 0 amide bonds. The van der Waals surface area contributed by atoms with Crippen molar-refractivity contribution in [2.24, 2.45) is 0 Å². The van der Waals surface area contributed by atoms with Crippen LogP contribution in [0.25, 0.3) is 0 Å². The highest BCUT2D eigenvalue weighted by molar-refractivity contribution is 9.10. The first-order valence-corrected chi connectivity index (χ1v) is 9.17. The SMILES string of the molecule is CCCCCCC(NCCC)c1ccc(OCC)c(Br)c1. The van der Waals surface area contributed by atoms with Crippen molar-refractivity contribution in [3.8, 4) is 5.75 Å². The average molecular weight is 356 g/mol. The van der Waals surface area contributed by atoms with Gasteiger partial charge in [-0.3, -0.25) is 0 Å². The lowest BCUT2D eigenvalue weighted by molar-refractivity contribution is 0.337. The summed E-state index contributed by atoms with van der Waals surface area (Å²) in [6.45, 7) is 8.26. The third-order valence-corrected chi connectivity index (χ3v) is 4.26. The van der Waals surface area contributed by atoms with Gasteiger partial charge in [0.05, 0.1) is 11.1 Å². The van der Waals surface area contributed by atoms with Gasteiger partial charge < -0.3 is 10.1 Å². The molecule has 0 spiro atoms. The second-order valence-electron chi connectivity index (χ2n) is 5.48. The van der Waals surface area contributed by atoms with Crippen LogP contribution in [0.3, 0.4) is 0 Å². The number of unbranched alkanes of at least 4 members (excludes halogenated alkanes) is 3. The minimum atomic E-state index is 0.453. The number of hydrogen-bond donors (Lipinski definition) is 1. The van der Waals surface area contributed by atoms with Crippen LogP contribution in [-0.2, 0) is 0 Å². The zero-order chi connectivity index (χ0) is 15.5. The summed E-state index contributed by atoms with van der Waals surface area (Å²) in [5.74, 6) is 0.932. The summed E-state index contributed by atoms with van der Waals surface area (Å²) < 4.78 is 6.65. The maximum absolute atomic E-state index is 5.60. The van der Waals surface area contributed by atoms with E-state index in [1.807, 2.05) is 6.92 Å². The van der Waals surface area contributed by atoms with E-state index >= 15 is 0 Å². The van der Waals surface area contributed by atoms with Gasteiger partial charge in [-0.25, -0.2) is 0 Å². The Hall–Kier alpha value is -0.540. The summed E-state index contributed by atoms with van der Waals surface area (Å²) in [7, 11) is 0. The Labute approximate surface area is 138 Å². The first-order chi connectivity index (χ1) is 10.2. The number of halogens is 1. The molecule has 0 fully saturated rings. The lowest BCUT2D eigenvalue weighted by atomic mass is 9.99. The quantitative estimate of drug-likeness (QED) is 0.502.